The zero-order chi connectivity index (χ0) is 14.8. The van der Waals surface area contributed by atoms with Crippen LogP contribution >= 0.6 is 0 Å². The highest BCUT2D eigenvalue weighted by Gasteiger charge is 2.22. The first kappa shape index (κ1) is 14.1. The van der Waals surface area contributed by atoms with E-state index in [-0.39, 0.29) is 11.9 Å². The first-order valence-electron chi connectivity index (χ1n) is 7.34. The SMILES string of the molecule is CC(Nc1c(F)cc(N)c2cccnc12)C1CCOCC1. The molecule has 2 heterocycles. The molecule has 1 aliphatic rings. The second-order valence-corrected chi connectivity index (χ2v) is 5.61. The van der Waals surface area contributed by atoms with Crippen molar-refractivity contribution in [3.63, 3.8) is 0 Å². The topological polar surface area (TPSA) is 60.2 Å². The third-order valence-electron chi connectivity index (χ3n) is 4.22. The highest BCUT2D eigenvalue weighted by Crippen LogP contribution is 2.31. The molecule has 1 fully saturated rings. The number of nitrogen functional groups attached to an aromatic ring is 1. The van der Waals surface area contributed by atoms with Gasteiger partial charge in [0, 0.05) is 36.5 Å². The zero-order valence-corrected chi connectivity index (χ0v) is 12.1. The predicted octanol–water partition coefficient (Wildman–Crippen LogP) is 3.18. The summed E-state index contributed by atoms with van der Waals surface area (Å²) in [7, 11) is 0. The van der Waals surface area contributed by atoms with Crippen LogP contribution in [0.25, 0.3) is 10.9 Å². The van der Waals surface area contributed by atoms with E-state index >= 15 is 0 Å². The first-order valence-corrected chi connectivity index (χ1v) is 7.34. The summed E-state index contributed by atoms with van der Waals surface area (Å²) in [6.07, 6.45) is 3.65. The minimum absolute atomic E-state index is 0.164. The van der Waals surface area contributed by atoms with E-state index < -0.39 is 0 Å². The molecule has 0 radical (unpaired) electrons. The van der Waals surface area contributed by atoms with Crippen molar-refractivity contribution in [1.29, 1.82) is 0 Å². The van der Waals surface area contributed by atoms with Gasteiger partial charge in [0.15, 0.2) is 5.82 Å². The lowest BCUT2D eigenvalue weighted by Gasteiger charge is -2.29. The van der Waals surface area contributed by atoms with Gasteiger partial charge >= 0.3 is 0 Å². The third kappa shape index (κ3) is 2.78. The van der Waals surface area contributed by atoms with Crippen LogP contribution in [0.15, 0.2) is 24.4 Å². The molecular formula is C16H20FN3O. The van der Waals surface area contributed by atoms with E-state index in [4.69, 9.17) is 10.5 Å². The van der Waals surface area contributed by atoms with Crippen LogP contribution in [0.3, 0.4) is 0 Å². The van der Waals surface area contributed by atoms with Crippen molar-refractivity contribution in [3.8, 4) is 0 Å². The lowest BCUT2D eigenvalue weighted by atomic mass is 9.92. The highest BCUT2D eigenvalue weighted by atomic mass is 19.1. The number of aromatic nitrogens is 1. The van der Waals surface area contributed by atoms with Gasteiger partial charge in [-0.2, -0.15) is 0 Å². The molecule has 3 rings (SSSR count). The number of benzene rings is 1. The van der Waals surface area contributed by atoms with Gasteiger partial charge in [-0.25, -0.2) is 4.39 Å². The molecule has 1 aromatic carbocycles. The molecule has 4 nitrogen and oxygen atoms in total. The summed E-state index contributed by atoms with van der Waals surface area (Å²) < 4.78 is 19.7. The Bertz CT molecular complexity index is 641. The zero-order valence-electron chi connectivity index (χ0n) is 12.1. The van der Waals surface area contributed by atoms with Crippen molar-refractivity contribution in [2.75, 3.05) is 24.3 Å². The number of ether oxygens (including phenoxy) is 1. The van der Waals surface area contributed by atoms with Crippen molar-refractivity contribution in [2.24, 2.45) is 5.92 Å². The maximum atomic E-state index is 14.3. The molecule has 1 atom stereocenters. The van der Waals surface area contributed by atoms with E-state index in [1.165, 1.54) is 6.07 Å². The predicted molar refractivity (Wildman–Crippen MR) is 82.7 cm³/mol. The number of hydrogen-bond donors (Lipinski definition) is 2. The van der Waals surface area contributed by atoms with Gasteiger partial charge in [0.25, 0.3) is 0 Å². The lowest BCUT2D eigenvalue weighted by molar-refractivity contribution is 0.0622. The average Bonchev–Trinajstić information content (AvgIpc) is 2.52. The van der Waals surface area contributed by atoms with Crippen LogP contribution < -0.4 is 11.1 Å². The van der Waals surface area contributed by atoms with Crippen LogP contribution in [0.1, 0.15) is 19.8 Å². The number of nitrogens with two attached hydrogens (primary N) is 1. The Balaban J connectivity index is 1.92. The Morgan fingerprint density at radius 2 is 2.19 bits per heavy atom. The van der Waals surface area contributed by atoms with E-state index in [1.54, 1.807) is 6.20 Å². The minimum Gasteiger partial charge on any atom is -0.398 e. The Morgan fingerprint density at radius 3 is 2.95 bits per heavy atom. The largest absolute Gasteiger partial charge is 0.398 e. The fraction of sp³-hybridized carbons (Fsp3) is 0.438. The smallest absolute Gasteiger partial charge is 0.150 e. The monoisotopic (exact) mass is 289 g/mol. The number of rotatable bonds is 3. The standard InChI is InChI=1S/C16H20FN3O/c1-10(11-4-7-21-8-5-11)20-16-13(17)9-14(18)12-3-2-6-19-15(12)16/h2-3,6,9-11,20H,4-5,7-8,18H2,1H3. The first-order chi connectivity index (χ1) is 10.2. The Kier molecular flexibility index (Phi) is 3.92. The fourth-order valence-electron chi connectivity index (χ4n) is 2.94. The molecule has 5 heteroatoms. The molecule has 0 spiro atoms. The van der Waals surface area contributed by atoms with Gasteiger partial charge in [-0.1, -0.05) is 0 Å². The number of nitrogens with one attached hydrogen (secondary N) is 1. The van der Waals surface area contributed by atoms with Crippen LogP contribution in [0.4, 0.5) is 15.8 Å². The van der Waals surface area contributed by atoms with Crippen LogP contribution in [-0.4, -0.2) is 24.2 Å². The molecule has 1 aliphatic heterocycles. The molecule has 1 saturated heterocycles. The summed E-state index contributed by atoms with van der Waals surface area (Å²) in [5.41, 5.74) is 7.33. The van der Waals surface area contributed by atoms with Gasteiger partial charge in [-0.3, -0.25) is 4.98 Å². The highest BCUT2D eigenvalue weighted by molar-refractivity contribution is 5.98. The normalized spacial score (nSPS) is 17.8. The molecule has 112 valence electrons. The molecule has 1 unspecified atom stereocenters. The van der Waals surface area contributed by atoms with Crippen molar-refractivity contribution < 1.29 is 9.13 Å². The third-order valence-corrected chi connectivity index (χ3v) is 4.22. The number of nitrogens with zero attached hydrogens (tertiary/aromatic N) is 1. The summed E-state index contributed by atoms with van der Waals surface area (Å²) in [4.78, 5) is 4.29. The molecular weight excluding hydrogens is 269 g/mol. The quantitative estimate of drug-likeness (QED) is 0.852. The summed E-state index contributed by atoms with van der Waals surface area (Å²) in [5, 5.41) is 4.08. The van der Waals surface area contributed by atoms with Crippen molar-refractivity contribution in [1.82, 2.24) is 4.98 Å². The number of fused-ring (bicyclic) bond motifs is 1. The maximum absolute atomic E-state index is 14.3. The average molecular weight is 289 g/mol. The maximum Gasteiger partial charge on any atom is 0.150 e. The molecule has 0 amide bonds. The second kappa shape index (κ2) is 5.85. The van der Waals surface area contributed by atoms with E-state index in [9.17, 15) is 4.39 Å². The Morgan fingerprint density at radius 1 is 1.43 bits per heavy atom. The van der Waals surface area contributed by atoms with Crippen LogP contribution in [0, 0.1) is 11.7 Å². The van der Waals surface area contributed by atoms with E-state index in [1.807, 2.05) is 12.1 Å². The number of anilines is 2. The van der Waals surface area contributed by atoms with Gasteiger partial charge < -0.3 is 15.8 Å². The van der Waals surface area contributed by atoms with E-state index in [0.29, 0.717) is 22.8 Å². The van der Waals surface area contributed by atoms with Crippen molar-refractivity contribution in [2.45, 2.75) is 25.8 Å². The van der Waals surface area contributed by atoms with Gasteiger partial charge in [0.2, 0.25) is 0 Å². The summed E-state index contributed by atoms with van der Waals surface area (Å²) in [5.74, 6) is 0.132. The summed E-state index contributed by atoms with van der Waals surface area (Å²) >= 11 is 0. The van der Waals surface area contributed by atoms with Crippen molar-refractivity contribution in [3.05, 3.63) is 30.2 Å². The Hall–Kier alpha value is -1.88. The number of pyridine rings is 1. The summed E-state index contributed by atoms with van der Waals surface area (Å²) in [6.45, 7) is 3.64. The van der Waals surface area contributed by atoms with Crippen molar-refractivity contribution >= 4 is 22.3 Å². The molecule has 21 heavy (non-hydrogen) atoms. The van der Waals surface area contributed by atoms with Gasteiger partial charge in [0.1, 0.15) is 0 Å². The van der Waals surface area contributed by atoms with Gasteiger partial charge in [-0.05, 0) is 43.9 Å². The molecule has 0 bridgehead atoms. The van der Waals surface area contributed by atoms with Gasteiger partial charge in [0.05, 0.1) is 11.2 Å². The molecule has 1 aromatic heterocycles. The summed E-state index contributed by atoms with van der Waals surface area (Å²) in [6, 6.07) is 5.20. The van der Waals surface area contributed by atoms with Gasteiger partial charge in [-0.15, -0.1) is 0 Å². The van der Waals surface area contributed by atoms with Crippen LogP contribution in [0.2, 0.25) is 0 Å². The van der Waals surface area contributed by atoms with Crippen LogP contribution in [-0.2, 0) is 4.74 Å². The molecule has 0 aliphatic carbocycles. The molecule has 0 saturated carbocycles. The number of halogens is 1. The fourth-order valence-corrected chi connectivity index (χ4v) is 2.94. The molecule has 2 aromatic rings. The lowest BCUT2D eigenvalue weighted by Crippen LogP contribution is -2.31. The number of hydrogen-bond acceptors (Lipinski definition) is 4. The van der Waals surface area contributed by atoms with E-state index in [2.05, 4.69) is 17.2 Å². The minimum atomic E-state index is -0.349. The molecule has 3 N–H and O–H groups in total. The second-order valence-electron chi connectivity index (χ2n) is 5.61. The van der Waals surface area contributed by atoms with E-state index in [0.717, 1.165) is 31.4 Å². The Labute approximate surface area is 123 Å². The van der Waals surface area contributed by atoms with Crippen LogP contribution in [0.5, 0.6) is 0 Å².